The van der Waals surface area contributed by atoms with E-state index in [1.807, 2.05) is 0 Å². The SMILES string of the molecule is Nc1ncc(Cc2c(F)cccc2F)s1. The predicted molar refractivity (Wildman–Crippen MR) is 55.7 cm³/mol. The molecule has 15 heavy (non-hydrogen) atoms. The molecule has 2 aromatic rings. The Bertz CT molecular complexity index is 462. The lowest BCUT2D eigenvalue weighted by Gasteiger charge is -2.01. The quantitative estimate of drug-likeness (QED) is 0.854. The molecule has 1 aromatic carbocycles. The molecule has 0 radical (unpaired) electrons. The maximum Gasteiger partial charge on any atom is 0.180 e. The third kappa shape index (κ3) is 2.12. The number of nitrogen functional groups attached to an aromatic ring is 1. The first-order valence-corrected chi connectivity index (χ1v) is 5.11. The molecule has 2 nitrogen and oxygen atoms in total. The van der Waals surface area contributed by atoms with Gasteiger partial charge >= 0.3 is 0 Å². The summed E-state index contributed by atoms with van der Waals surface area (Å²) in [5.41, 5.74) is 5.48. The number of aromatic nitrogens is 1. The Morgan fingerprint density at radius 2 is 1.93 bits per heavy atom. The summed E-state index contributed by atoms with van der Waals surface area (Å²) in [5, 5.41) is 0.404. The van der Waals surface area contributed by atoms with Crippen LogP contribution >= 0.6 is 11.3 Å². The van der Waals surface area contributed by atoms with Gasteiger partial charge in [0.15, 0.2) is 5.13 Å². The molecule has 0 unspecified atom stereocenters. The third-order valence-corrected chi connectivity index (χ3v) is 2.81. The molecule has 5 heteroatoms. The van der Waals surface area contributed by atoms with Gasteiger partial charge in [-0.15, -0.1) is 11.3 Å². The Morgan fingerprint density at radius 1 is 1.27 bits per heavy atom. The van der Waals surface area contributed by atoms with Crippen molar-refractivity contribution in [3.05, 3.63) is 46.5 Å². The number of anilines is 1. The molecule has 0 aliphatic heterocycles. The van der Waals surface area contributed by atoms with Crippen molar-refractivity contribution in [2.45, 2.75) is 6.42 Å². The van der Waals surface area contributed by atoms with Crippen molar-refractivity contribution in [3.63, 3.8) is 0 Å². The third-order valence-electron chi connectivity index (χ3n) is 1.98. The summed E-state index contributed by atoms with van der Waals surface area (Å²) in [6.45, 7) is 0. The highest BCUT2D eigenvalue weighted by atomic mass is 32.1. The van der Waals surface area contributed by atoms with E-state index in [9.17, 15) is 8.78 Å². The predicted octanol–water partition coefficient (Wildman–Crippen LogP) is 2.59. The van der Waals surface area contributed by atoms with Crippen molar-refractivity contribution in [1.82, 2.24) is 4.98 Å². The Hall–Kier alpha value is -1.49. The second-order valence-electron chi connectivity index (χ2n) is 3.04. The molecule has 2 N–H and O–H groups in total. The van der Waals surface area contributed by atoms with Crippen molar-refractivity contribution in [3.8, 4) is 0 Å². The highest BCUT2D eigenvalue weighted by Gasteiger charge is 2.10. The summed E-state index contributed by atoms with van der Waals surface area (Å²) in [5.74, 6) is -1.08. The van der Waals surface area contributed by atoms with E-state index in [4.69, 9.17) is 5.73 Å². The minimum Gasteiger partial charge on any atom is -0.375 e. The van der Waals surface area contributed by atoms with Gasteiger partial charge in [0.1, 0.15) is 11.6 Å². The number of hydrogen-bond acceptors (Lipinski definition) is 3. The van der Waals surface area contributed by atoms with Crippen molar-refractivity contribution >= 4 is 16.5 Å². The molecule has 0 amide bonds. The monoisotopic (exact) mass is 226 g/mol. The van der Waals surface area contributed by atoms with Crippen LogP contribution in [0.25, 0.3) is 0 Å². The molecular formula is C10H8F2N2S. The number of thiazole rings is 1. The van der Waals surface area contributed by atoms with E-state index in [2.05, 4.69) is 4.98 Å². The Labute approximate surface area is 89.4 Å². The van der Waals surface area contributed by atoms with E-state index in [0.717, 1.165) is 4.88 Å². The minimum atomic E-state index is -0.540. The van der Waals surface area contributed by atoms with E-state index in [0.29, 0.717) is 5.13 Å². The Kier molecular flexibility index (Phi) is 2.64. The van der Waals surface area contributed by atoms with Crippen LogP contribution in [0.2, 0.25) is 0 Å². The van der Waals surface area contributed by atoms with Crippen LogP contribution in [-0.4, -0.2) is 4.98 Å². The second kappa shape index (κ2) is 3.94. The van der Waals surface area contributed by atoms with E-state index in [1.54, 1.807) is 0 Å². The average molecular weight is 226 g/mol. The van der Waals surface area contributed by atoms with Gasteiger partial charge in [-0.25, -0.2) is 13.8 Å². The molecule has 78 valence electrons. The summed E-state index contributed by atoms with van der Waals surface area (Å²) in [7, 11) is 0. The molecule has 0 atom stereocenters. The van der Waals surface area contributed by atoms with Crippen molar-refractivity contribution in [2.24, 2.45) is 0 Å². The Balaban J connectivity index is 2.31. The molecular weight excluding hydrogens is 218 g/mol. The second-order valence-corrected chi connectivity index (χ2v) is 4.19. The van der Waals surface area contributed by atoms with Crippen LogP contribution in [0.3, 0.4) is 0 Å². The normalized spacial score (nSPS) is 10.5. The van der Waals surface area contributed by atoms with Crippen molar-refractivity contribution < 1.29 is 8.78 Å². The first-order valence-electron chi connectivity index (χ1n) is 4.30. The van der Waals surface area contributed by atoms with E-state index in [-0.39, 0.29) is 12.0 Å². The number of rotatable bonds is 2. The van der Waals surface area contributed by atoms with Gasteiger partial charge in [-0.05, 0) is 12.1 Å². The van der Waals surface area contributed by atoms with Gasteiger partial charge in [-0.2, -0.15) is 0 Å². The minimum absolute atomic E-state index is 0.0566. The first kappa shape index (κ1) is 10.0. The number of nitrogens with zero attached hydrogens (tertiary/aromatic N) is 1. The number of nitrogens with two attached hydrogens (primary N) is 1. The van der Waals surface area contributed by atoms with Crippen molar-refractivity contribution in [1.29, 1.82) is 0 Å². The molecule has 1 heterocycles. The summed E-state index contributed by atoms with van der Waals surface area (Å²) >= 11 is 1.23. The van der Waals surface area contributed by atoms with Crippen LogP contribution < -0.4 is 5.73 Å². The summed E-state index contributed by atoms with van der Waals surface area (Å²) in [4.78, 5) is 4.57. The maximum atomic E-state index is 13.3. The van der Waals surface area contributed by atoms with Crippen LogP contribution in [0.15, 0.2) is 24.4 Å². The fourth-order valence-electron chi connectivity index (χ4n) is 1.28. The average Bonchev–Trinajstić information content (AvgIpc) is 2.58. The molecule has 0 bridgehead atoms. The lowest BCUT2D eigenvalue weighted by molar-refractivity contribution is 0.562. The number of benzene rings is 1. The van der Waals surface area contributed by atoms with Crippen LogP contribution in [0.4, 0.5) is 13.9 Å². The van der Waals surface area contributed by atoms with E-state index >= 15 is 0 Å². The zero-order chi connectivity index (χ0) is 10.8. The molecule has 0 fully saturated rings. The molecule has 0 saturated heterocycles. The Morgan fingerprint density at radius 3 is 2.47 bits per heavy atom. The first-order chi connectivity index (χ1) is 7.16. The topological polar surface area (TPSA) is 38.9 Å². The lowest BCUT2D eigenvalue weighted by atomic mass is 10.1. The summed E-state index contributed by atoms with van der Waals surface area (Å²) in [6.07, 6.45) is 1.72. The zero-order valence-electron chi connectivity index (χ0n) is 7.71. The molecule has 0 saturated carbocycles. The smallest absolute Gasteiger partial charge is 0.180 e. The van der Waals surface area contributed by atoms with E-state index < -0.39 is 11.6 Å². The fourth-order valence-corrected chi connectivity index (χ4v) is 1.98. The van der Waals surface area contributed by atoms with Crippen LogP contribution in [0.1, 0.15) is 10.4 Å². The van der Waals surface area contributed by atoms with Gasteiger partial charge < -0.3 is 5.73 Å². The molecule has 0 aliphatic carbocycles. The lowest BCUT2D eigenvalue weighted by Crippen LogP contribution is -1.95. The van der Waals surface area contributed by atoms with Gasteiger partial charge in [-0.1, -0.05) is 6.07 Å². The standard InChI is InChI=1S/C10H8F2N2S/c11-8-2-1-3-9(12)7(8)4-6-5-14-10(13)15-6/h1-3,5H,4H2,(H2,13,14). The van der Waals surface area contributed by atoms with Crippen LogP contribution in [0, 0.1) is 11.6 Å². The summed E-state index contributed by atoms with van der Waals surface area (Å²) < 4.78 is 26.5. The van der Waals surface area contributed by atoms with Gasteiger partial charge in [-0.3, -0.25) is 0 Å². The van der Waals surface area contributed by atoms with Crippen LogP contribution in [0.5, 0.6) is 0 Å². The zero-order valence-corrected chi connectivity index (χ0v) is 8.52. The van der Waals surface area contributed by atoms with E-state index in [1.165, 1.54) is 35.7 Å². The fraction of sp³-hybridized carbons (Fsp3) is 0.100. The highest BCUT2D eigenvalue weighted by molar-refractivity contribution is 7.15. The number of hydrogen-bond donors (Lipinski definition) is 1. The van der Waals surface area contributed by atoms with Gasteiger partial charge in [0.25, 0.3) is 0 Å². The van der Waals surface area contributed by atoms with Gasteiger partial charge in [0, 0.05) is 23.1 Å². The van der Waals surface area contributed by atoms with Gasteiger partial charge in [0.2, 0.25) is 0 Å². The van der Waals surface area contributed by atoms with Crippen molar-refractivity contribution in [2.75, 3.05) is 5.73 Å². The number of halogens is 2. The molecule has 0 aliphatic rings. The largest absolute Gasteiger partial charge is 0.375 e. The molecule has 2 rings (SSSR count). The highest BCUT2D eigenvalue weighted by Crippen LogP contribution is 2.21. The molecule has 0 spiro atoms. The maximum absolute atomic E-state index is 13.3. The van der Waals surface area contributed by atoms with Gasteiger partial charge in [0.05, 0.1) is 0 Å². The summed E-state index contributed by atoms with van der Waals surface area (Å²) in [6, 6.07) is 3.82. The molecule has 1 aromatic heterocycles. The van der Waals surface area contributed by atoms with Crippen LogP contribution in [-0.2, 0) is 6.42 Å².